The SMILES string of the molecule is CP(C)c1c(Oc2ccc(NC(=O)c3cnn(-c4ccc(F)cc4)c3C(F)(F)F)cc2F)ccnc1N. The second-order valence-electron chi connectivity index (χ2n) is 7.93. The van der Waals surface area contributed by atoms with Crippen LogP contribution in [0.25, 0.3) is 5.69 Å². The molecule has 1 amide bonds. The molecule has 4 aromatic rings. The third-order valence-electron chi connectivity index (χ3n) is 5.13. The molecule has 0 aliphatic carbocycles. The Kier molecular flexibility index (Phi) is 7.13. The van der Waals surface area contributed by atoms with Crippen molar-refractivity contribution in [3.8, 4) is 17.2 Å². The van der Waals surface area contributed by atoms with Gasteiger partial charge in [-0.3, -0.25) is 4.79 Å². The molecule has 0 unspecified atom stereocenters. The number of hydrogen-bond acceptors (Lipinski definition) is 5. The summed E-state index contributed by atoms with van der Waals surface area (Å²) in [6, 6.07) is 9.08. The van der Waals surface area contributed by atoms with Crippen LogP contribution in [-0.4, -0.2) is 34.0 Å². The molecule has 3 N–H and O–H groups in total. The summed E-state index contributed by atoms with van der Waals surface area (Å²) >= 11 is 0. The molecule has 192 valence electrons. The summed E-state index contributed by atoms with van der Waals surface area (Å²) in [6.07, 6.45) is -2.81. The monoisotopic (exact) mass is 535 g/mol. The first-order valence-electron chi connectivity index (χ1n) is 10.6. The molecule has 0 aliphatic rings. The maximum absolute atomic E-state index is 14.8. The fourth-order valence-electron chi connectivity index (χ4n) is 3.53. The Bertz CT molecular complexity index is 1460. The summed E-state index contributed by atoms with van der Waals surface area (Å²) < 4.78 is 75.7. The summed E-state index contributed by atoms with van der Waals surface area (Å²) in [5.41, 5.74) is 3.55. The van der Waals surface area contributed by atoms with Crippen molar-refractivity contribution in [2.75, 3.05) is 24.4 Å². The highest BCUT2D eigenvalue weighted by Gasteiger charge is 2.40. The molecule has 2 heterocycles. The van der Waals surface area contributed by atoms with Crippen molar-refractivity contribution in [1.82, 2.24) is 14.8 Å². The first-order chi connectivity index (χ1) is 17.5. The predicted molar refractivity (Wildman–Crippen MR) is 130 cm³/mol. The number of halogens is 5. The van der Waals surface area contributed by atoms with Crippen LogP contribution in [0.4, 0.5) is 33.5 Å². The number of nitrogens with two attached hydrogens (primary N) is 1. The number of carbonyl (C=O) groups is 1. The molecular formula is C24H19F5N5O2P. The smallest absolute Gasteiger partial charge is 0.434 e. The summed E-state index contributed by atoms with van der Waals surface area (Å²) in [7, 11) is -0.727. The van der Waals surface area contributed by atoms with E-state index in [-0.39, 0.29) is 22.9 Å². The van der Waals surface area contributed by atoms with Crippen LogP contribution in [0.2, 0.25) is 0 Å². The number of anilines is 2. The van der Waals surface area contributed by atoms with Crippen molar-refractivity contribution in [3.63, 3.8) is 0 Å². The van der Waals surface area contributed by atoms with Crippen LogP contribution in [0.5, 0.6) is 11.5 Å². The van der Waals surface area contributed by atoms with E-state index in [1.54, 1.807) is 6.07 Å². The lowest BCUT2D eigenvalue weighted by atomic mass is 10.2. The number of pyridine rings is 1. The average molecular weight is 535 g/mol. The zero-order valence-corrected chi connectivity index (χ0v) is 20.2. The number of amides is 1. The van der Waals surface area contributed by atoms with Crippen molar-refractivity contribution in [1.29, 1.82) is 0 Å². The number of nitrogens with one attached hydrogen (secondary N) is 1. The molecule has 0 fully saturated rings. The zero-order valence-electron chi connectivity index (χ0n) is 19.3. The lowest BCUT2D eigenvalue weighted by Gasteiger charge is -2.16. The Morgan fingerprint density at radius 2 is 1.76 bits per heavy atom. The predicted octanol–water partition coefficient (Wildman–Crippen LogP) is 5.56. The Morgan fingerprint density at radius 3 is 2.38 bits per heavy atom. The van der Waals surface area contributed by atoms with E-state index in [0.29, 0.717) is 15.7 Å². The lowest BCUT2D eigenvalue weighted by molar-refractivity contribution is -0.143. The van der Waals surface area contributed by atoms with E-state index in [9.17, 15) is 26.7 Å². The van der Waals surface area contributed by atoms with Crippen LogP contribution in [0, 0.1) is 11.6 Å². The number of carbonyl (C=O) groups excluding carboxylic acids is 1. The van der Waals surface area contributed by atoms with E-state index in [1.807, 2.05) is 13.3 Å². The number of alkyl halides is 3. The van der Waals surface area contributed by atoms with Gasteiger partial charge in [-0.25, -0.2) is 18.4 Å². The van der Waals surface area contributed by atoms with Gasteiger partial charge in [0.15, 0.2) is 17.3 Å². The number of nitrogen functional groups attached to an aromatic ring is 1. The van der Waals surface area contributed by atoms with Gasteiger partial charge in [-0.1, -0.05) is 7.92 Å². The van der Waals surface area contributed by atoms with Gasteiger partial charge >= 0.3 is 6.18 Å². The molecule has 37 heavy (non-hydrogen) atoms. The summed E-state index contributed by atoms with van der Waals surface area (Å²) in [5, 5.41) is 6.54. The maximum Gasteiger partial charge on any atom is 0.434 e. The van der Waals surface area contributed by atoms with Gasteiger partial charge in [0.05, 0.1) is 22.8 Å². The van der Waals surface area contributed by atoms with E-state index < -0.39 is 42.9 Å². The highest BCUT2D eigenvalue weighted by Crippen LogP contribution is 2.36. The summed E-state index contributed by atoms with van der Waals surface area (Å²) in [5.74, 6) is -2.27. The van der Waals surface area contributed by atoms with Gasteiger partial charge in [-0.2, -0.15) is 18.3 Å². The molecule has 2 aromatic heterocycles. The van der Waals surface area contributed by atoms with E-state index in [0.717, 1.165) is 36.5 Å². The molecule has 0 radical (unpaired) electrons. The second kappa shape index (κ2) is 10.1. The van der Waals surface area contributed by atoms with E-state index >= 15 is 0 Å². The minimum atomic E-state index is -4.97. The lowest BCUT2D eigenvalue weighted by Crippen LogP contribution is -2.20. The largest absolute Gasteiger partial charge is 0.453 e. The van der Waals surface area contributed by atoms with Crippen molar-refractivity contribution in [3.05, 3.63) is 83.8 Å². The van der Waals surface area contributed by atoms with Gasteiger partial charge in [0.1, 0.15) is 17.4 Å². The molecular weight excluding hydrogens is 516 g/mol. The highest BCUT2D eigenvalue weighted by atomic mass is 31.1. The van der Waals surface area contributed by atoms with Gasteiger partial charge in [0, 0.05) is 18.0 Å². The molecule has 0 aliphatic heterocycles. The van der Waals surface area contributed by atoms with E-state index in [2.05, 4.69) is 15.4 Å². The zero-order chi connectivity index (χ0) is 26.9. The van der Waals surface area contributed by atoms with Gasteiger partial charge in [-0.15, -0.1) is 0 Å². The van der Waals surface area contributed by atoms with Crippen molar-refractivity contribution >= 4 is 30.6 Å². The standard InChI is InChI=1S/C24H19F5N5O2P/c1-37(2)20-19(9-10-31-22(20)30)36-18-8-5-14(11-17(18)26)33-23(35)16-12-32-34(21(16)24(27,28)29)15-6-3-13(25)4-7-15/h3-12H,1-2H3,(H2,30,31)(H,33,35). The summed E-state index contributed by atoms with van der Waals surface area (Å²) in [4.78, 5) is 16.7. The molecule has 7 nitrogen and oxygen atoms in total. The van der Waals surface area contributed by atoms with E-state index in [1.165, 1.54) is 18.3 Å². The molecule has 2 aromatic carbocycles. The number of aromatic nitrogens is 3. The van der Waals surface area contributed by atoms with Crippen LogP contribution in [-0.2, 0) is 6.18 Å². The second-order valence-corrected chi connectivity index (χ2v) is 10.2. The first-order valence-corrected chi connectivity index (χ1v) is 12.8. The maximum atomic E-state index is 14.8. The quantitative estimate of drug-likeness (QED) is 0.249. The Morgan fingerprint density at radius 1 is 1.05 bits per heavy atom. The minimum absolute atomic E-state index is 0.0979. The Balaban J connectivity index is 1.60. The number of benzene rings is 2. The molecule has 13 heteroatoms. The molecule has 0 spiro atoms. The third kappa shape index (κ3) is 5.54. The van der Waals surface area contributed by atoms with Crippen LogP contribution in [0.3, 0.4) is 0 Å². The number of ether oxygens (including phenoxy) is 1. The molecule has 0 saturated heterocycles. The van der Waals surface area contributed by atoms with Crippen LogP contribution >= 0.6 is 7.92 Å². The van der Waals surface area contributed by atoms with Crippen LogP contribution in [0.1, 0.15) is 16.1 Å². The fourth-order valence-corrected chi connectivity index (χ4v) is 4.60. The third-order valence-corrected chi connectivity index (χ3v) is 6.47. The van der Waals surface area contributed by atoms with Gasteiger partial charge < -0.3 is 15.8 Å². The average Bonchev–Trinajstić information content (AvgIpc) is 3.27. The number of nitrogens with zero attached hydrogens (tertiary/aromatic N) is 3. The molecule has 4 rings (SSSR count). The molecule has 0 bridgehead atoms. The van der Waals surface area contributed by atoms with Gasteiger partial charge in [0.2, 0.25) is 0 Å². The molecule has 0 saturated carbocycles. The normalized spacial score (nSPS) is 11.6. The van der Waals surface area contributed by atoms with Crippen molar-refractivity contribution < 1.29 is 31.5 Å². The molecule has 0 atom stereocenters. The fraction of sp³-hybridized carbons (Fsp3) is 0.125. The Labute approximate surface area is 208 Å². The minimum Gasteiger partial charge on any atom is -0.453 e. The van der Waals surface area contributed by atoms with Crippen molar-refractivity contribution in [2.45, 2.75) is 6.18 Å². The topological polar surface area (TPSA) is 95.1 Å². The van der Waals surface area contributed by atoms with Crippen LogP contribution in [0.15, 0.2) is 60.9 Å². The number of rotatable bonds is 6. The van der Waals surface area contributed by atoms with Crippen LogP contribution < -0.4 is 21.1 Å². The van der Waals surface area contributed by atoms with Gasteiger partial charge in [0.25, 0.3) is 5.91 Å². The Hall–Kier alpha value is -4.05. The highest BCUT2D eigenvalue weighted by molar-refractivity contribution is 7.64. The van der Waals surface area contributed by atoms with Crippen molar-refractivity contribution in [2.24, 2.45) is 0 Å². The van der Waals surface area contributed by atoms with Gasteiger partial charge in [-0.05, 0) is 55.8 Å². The summed E-state index contributed by atoms with van der Waals surface area (Å²) in [6.45, 7) is 3.86. The van der Waals surface area contributed by atoms with E-state index in [4.69, 9.17) is 10.5 Å². The number of hydrogen-bond donors (Lipinski definition) is 2. The first kappa shape index (κ1) is 26.0.